The minimum atomic E-state index is 0.187. The first-order valence-corrected chi connectivity index (χ1v) is 5.61. The molecule has 0 bridgehead atoms. The highest BCUT2D eigenvalue weighted by Crippen LogP contribution is 2.17. The molecule has 0 atom stereocenters. The van der Waals surface area contributed by atoms with Crippen molar-refractivity contribution >= 4 is 23.1 Å². The summed E-state index contributed by atoms with van der Waals surface area (Å²) < 4.78 is 0. The molecule has 0 radical (unpaired) electrons. The number of halogens is 1. The number of benzene rings is 1. The summed E-state index contributed by atoms with van der Waals surface area (Å²) in [5, 5.41) is 3.34. The highest BCUT2D eigenvalue weighted by atomic mass is 35.5. The zero-order valence-electron chi connectivity index (χ0n) is 9.44. The van der Waals surface area contributed by atoms with Crippen LogP contribution in [0.5, 0.6) is 0 Å². The molecule has 0 amide bonds. The van der Waals surface area contributed by atoms with E-state index in [1.165, 1.54) is 17.3 Å². The fraction of sp³-hybridized carbons (Fsp3) is 0.167. The van der Waals surface area contributed by atoms with Crippen LogP contribution in [0.15, 0.2) is 30.5 Å². The molecule has 88 valence electrons. The second-order valence-corrected chi connectivity index (χ2v) is 4.06. The molecule has 0 fully saturated rings. The second-order valence-electron chi connectivity index (χ2n) is 3.72. The van der Waals surface area contributed by atoms with Gasteiger partial charge in [0, 0.05) is 6.54 Å². The third kappa shape index (κ3) is 2.85. The molecule has 0 saturated carbocycles. The van der Waals surface area contributed by atoms with Crippen LogP contribution in [-0.4, -0.2) is 9.97 Å². The van der Waals surface area contributed by atoms with Gasteiger partial charge in [-0.1, -0.05) is 24.3 Å². The fourth-order valence-electron chi connectivity index (χ4n) is 1.50. The SMILES string of the molecule is Cc1ccccc1CNc1nc(Cl)ncc1N. The summed E-state index contributed by atoms with van der Waals surface area (Å²) in [6, 6.07) is 8.13. The van der Waals surface area contributed by atoms with E-state index in [1.54, 1.807) is 0 Å². The molecule has 0 spiro atoms. The van der Waals surface area contributed by atoms with Gasteiger partial charge in [-0.2, -0.15) is 4.98 Å². The zero-order valence-corrected chi connectivity index (χ0v) is 10.2. The van der Waals surface area contributed by atoms with Gasteiger partial charge in [0.2, 0.25) is 5.28 Å². The highest BCUT2D eigenvalue weighted by Gasteiger charge is 2.03. The van der Waals surface area contributed by atoms with Crippen molar-refractivity contribution in [1.29, 1.82) is 0 Å². The predicted molar refractivity (Wildman–Crippen MR) is 70.0 cm³/mol. The van der Waals surface area contributed by atoms with Gasteiger partial charge in [0.05, 0.1) is 11.9 Å². The van der Waals surface area contributed by atoms with Crippen LogP contribution in [0, 0.1) is 6.92 Å². The van der Waals surface area contributed by atoms with Gasteiger partial charge in [0.25, 0.3) is 0 Å². The molecule has 4 nitrogen and oxygen atoms in total. The smallest absolute Gasteiger partial charge is 0.224 e. The number of nitrogen functional groups attached to an aromatic ring is 1. The molecule has 0 aliphatic heterocycles. The highest BCUT2D eigenvalue weighted by molar-refractivity contribution is 6.28. The Morgan fingerprint density at radius 2 is 2.12 bits per heavy atom. The number of nitrogens with one attached hydrogen (secondary N) is 1. The number of nitrogens with zero attached hydrogens (tertiary/aromatic N) is 2. The molecular formula is C12H13ClN4. The maximum Gasteiger partial charge on any atom is 0.224 e. The Morgan fingerprint density at radius 1 is 1.35 bits per heavy atom. The first kappa shape index (κ1) is 11.7. The molecular weight excluding hydrogens is 236 g/mol. The lowest BCUT2D eigenvalue weighted by Gasteiger charge is -2.09. The molecule has 3 N–H and O–H groups in total. The fourth-order valence-corrected chi connectivity index (χ4v) is 1.63. The molecule has 1 heterocycles. The Morgan fingerprint density at radius 3 is 2.88 bits per heavy atom. The number of aromatic nitrogens is 2. The van der Waals surface area contributed by atoms with Crippen molar-refractivity contribution < 1.29 is 0 Å². The standard InChI is InChI=1S/C12H13ClN4/c1-8-4-2-3-5-9(8)6-15-11-10(14)7-16-12(13)17-11/h2-5,7H,6,14H2,1H3,(H,15,16,17). The summed E-state index contributed by atoms with van der Waals surface area (Å²) >= 11 is 5.71. The maximum absolute atomic E-state index is 5.75. The Kier molecular flexibility index (Phi) is 3.44. The third-order valence-electron chi connectivity index (χ3n) is 2.50. The molecule has 1 aromatic heterocycles. The van der Waals surface area contributed by atoms with Crippen LogP contribution in [0.3, 0.4) is 0 Å². The average Bonchev–Trinajstić information content (AvgIpc) is 2.32. The van der Waals surface area contributed by atoms with E-state index in [0.717, 1.165) is 0 Å². The van der Waals surface area contributed by atoms with Crippen molar-refractivity contribution in [3.05, 3.63) is 46.9 Å². The van der Waals surface area contributed by atoms with Gasteiger partial charge in [-0.15, -0.1) is 0 Å². The summed E-state index contributed by atoms with van der Waals surface area (Å²) in [5.41, 5.74) is 8.65. The van der Waals surface area contributed by atoms with Crippen molar-refractivity contribution in [2.24, 2.45) is 0 Å². The van der Waals surface area contributed by atoms with E-state index in [1.807, 2.05) is 12.1 Å². The summed E-state index contributed by atoms with van der Waals surface area (Å²) in [4.78, 5) is 7.84. The van der Waals surface area contributed by atoms with Crippen molar-refractivity contribution in [2.45, 2.75) is 13.5 Å². The van der Waals surface area contributed by atoms with Gasteiger partial charge >= 0.3 is 0 Å². The monoisotopic (exact) mass is 248 g/mol. The van der Waals surface area contributed by atoms with Crippen molar-refractivity contribution in [1.82, 2.24) is 9.97 Å². The van der Waals surface area contributed by atoms with Gasteiger partial charge in [-0.25, -0.2) is 4.98 Å². The number of rotatable bonds is 3. The number of hydrogen-bond acceptors (Lipinski definition) is 4. The molecule has 0 unspecified atom stereocenters. The van der Waals surface area contributed by atoms with Gasteiger partial charge < -0.3 is 11.1 Å². The summed E-state index contributed by atoms with van der Waals surface area (Å²) in [6.07, 6.45) is 1.50. The number of anilines is 2. The molecule has 2 rings (SSSR count). The normalized spacial score (nSPS) is 10.2. The summed E-state index contributed by atoms with van der Waals surface area (Å²) in [7, 11) is 0. The van der Waals surface area contributed by atoms with Crippen LogP contribution in [0.25, 0.3) is 0 Å². The van der Waals surface area contributed by atoms with Crippen LogP contribution >= 0.6 is 11.6 Å². The third-order valence-corrected chi connectivity index (χ3v) is 2.68. The lowest BCUT2D eigenvalue weighted by molar-refractivity contribution is 1.07. The molecule has 2 aromatic rings. The summed E-state index contributed by atoms with van der Waals surface area (Å²) in [6.45, 7) is 2.72. The molecule has 5 heteroatoms. The molecule has 1 aromatic carbocycles. The van der Waals surface area contributed by atoms with Gasteiger partial charge in [0.15, 0.2) is 5.82 Å². The summed E-state index contributed by atoms with van der Waals surface area (Å²) in [5.74, 6) is 0.563. The van der Waals surface area contributed by atoms with Crippen LogP contribution in [-0.2, 0) is 6.54 Å². The minimum Gasteiger partial charge on any atom is -0.394 e. The lowest BCUT2D eigenvalue weighted by atomic mass is 10.1. The van der Waals surface area contributed by atoms with Crippen molar-refractivity contribution in [3.63, 3.8) is 0 Å². The first-order valence-electron chi connectivity index (χ1n) is 5.23. The van der Waals surface area contributed by atoms with Crippen LogP contribution in [0.1, 0.15) is 11.1 Å². The minimum absolute atomic E-state index is 0.187. The maximum atomic E-state index is 5.75. The van der Waals surface area contributed by atoms with E-state index >= 15 is 0 Å². The van der Waals surface area contributed by atoms with E-state index in [9.17, 15) is 0 Å². The Bertz CT molecular complexity index is 528. The number of aryl methyl sites for hydroxylation is 1. The first-order chi connectivity index (χ1) is 8.16. The van der Waals surface area contributed by atoms with Crippen LogP contribution in [0.2, 0.25) is 5.28 Å². The Labute approximate surface area is 105 Å². The number of nitrogens with two attached hydrogens (primary N) is 1. The molecule has 0 aliphatic rings. The topological polar surface area (TPSA) is 63.8 Å². The van der Waals surface area contributed by atoms with Crippen LogP contribution < -0.4 is 11.1 Å². The van der Waals surface area contributed by atoms with Crippen molar-refractivity contribution in [2.75, 3.05) is 11.1 Å². The number of hydrogen-bond donors (Lipinski definition) is 2. The molecule has 0 aliphatic carbocycles. The Balaban J connectivity index is 2.12. The van der Waals surface area contributed by atoms with E-state index in [2.05, 4.69) is 34.3 Å². The second kappa shape index (κ2) is 5.01. The van der Waals surface area contributed by atoms with E-state index in [0.29, 0.717) is 18.1 Å². The average molecular weight is 249 g/mol. The molecule has 0 saturated heterocycles. The van der Waals surface area contributed by atoms with E-state index in [-0.39, 0.29) is 5.28 Å². The van der Waals surface area contributed by atoms with E-state index in [4.69, 9.17) is 17.3 Å². The van der Waals surface area contributed by atoms with Gasteiger partial charge in [-0.05, 0) is 29.7 Å². The van der Waals surface area contributed by atoms with Crippen LogP contribution in [0.4, 0.5) is 11.5 Å². The predicted octanol–water partition coefficient (Wildman–Crippen LogP) is 2.63. The zero-order chi connectivity index (χ0) is 12.3. The molecule has 17 heavy (non-hydrogen) atoms. The lowest BCUT2D eigenvalue weighted by Crippen LogP contribution is -2.06. The van der Waals surface area contributed by atoms with E-state index < -0.39 is 0 Å². The quantitative estimate of drug-likeness (QED) is 0.820. The van der Waals surface area contributed by atoms with Crippen molar-refractivity contribution in [3.8, 4) is 0 Å². The van der Waals surface area contributed by atoms with Gasteiger partial charge in [-0.3, -0.25) is 0 Å². The largest absolute Gasteiger partial charge is 0.394 e. The van der Waals surface area contributed by atoms with Gasteiger partial charge in [0.1, 0.15) is 0 Å². The Hall–Kier alpha value is -1.81.